The van der Waals surface area contributed by atoms with Gasteiger partial charge in [0, 0.05) is 23.8 Å². The molecule has 0 aliphatic rings. The van der Waals surface area contributed by atoms with Crippen molar-refractivity contribution in [2.45, 2.75) is 0 Å². The fourth-order valence-electron chi connectivity index (χ4n) is 2.43. The first kappa shape index (κ1) is 17.2. The van der Waals surface area contributed by atoms with E-state index in [0.29, 0.717) is 22.3 Å². The molecule has 0 aliphatic carbocycles. The summed E-state index contributed by atoms with van der Waals surface area (Å²) in [5.74, 6) is -0.571. The van der Waals surface area contributed by atoms with E-state index in [9.17, 15) is 14.4 Å². The number of para-hydroxylation sites is 1. The molecule has 0 bridgehead atoms. The van der Waals surface area contributed by atoms with E-state index < -0.39 is 17.6 Å². The van der Waals surface area contributed by atoms with Crippen LogP contribution >= 0.6 is 0 Å². The zero-order valence-corrected chi connectivity index (χ0v) is 14.2. The van der Waals surface area contributed by atoms with Crippen molar-refractivity contribution in [3.8, 4) is 0 Å². The SMILES string of the molecule is COC(=O)N(C)c1ccc(NC(=O)c2cc3ccccc3oc2=O)cc1. The zero-order chi connectivity index (χ0) is 18.7. The van der Waals surface area contributed by atoms with Gasteiger partial charge in [0.2, 0.25) is 0 Å². The van der Waals surface area contributed by atoms with Crippen LogP contribution in [0.1, 0.15) is 10.4 Å². The smallest absolute Gasteiger partial charge is 0.413 e. The Hall–Kier alpha value is -3.61. The van der Waals surface area contributed by atoms with Crippen molar-refractivity contribution in [1.29, 1.82) is 0 Å². The van der Waals surface area contributed by atoms with Gasteiger partial charge in [-0.2, -0.15) is 0 Å². The van der Waals surface area contributed by atoms with Crippen LogP contribution in [0.2, 0.25) is 0 Å². The van der Waals surface area contributed by atoms with Gasteiger partial charge in [-0.25, -0.2) is 9.59 Å². The number of hydrogen-bond acceptors (Lipinski definition) is 5. The van der Waals surface area contributed by atoms with Gasteiger partial charge in [0.1, 0.15) is 11.1 Å². The number of anilines is 2. The number of nitrogens with one attached hydrogen (secondary N) is 1. The van der Waals surface area contributed by atoms with Gasteiger partial charge >= 0.3 is 11.7 Å². The number of hydrogen-bond donors (Lipinski definition) is 1. The topological polar surface area (TPSA) is 88.8 Å². The summed E-state index contributed by atoms with van der Waals surface area (Å²) in [6.45, 7) is 0. The molecule has 2 aromatic carbocycles. The van der Waals surface area contributed by atoms with Gasteiger partial charge in [-0.1, -0.05) is 18.2 Å². The van der Waals surface area contributed by atoms with Crippen molar-refractivity contribution in [2.24, 2.45) is 0 Å². The number of amides is 2. The maximum atomic E-state index is 12.4. The fourth-order valence-corrected chi connectivity index (χ4v) is 2.43. The predicted molar refractivity (Wildman–Crippen MR) is 97.7 cm³/mol. The number of benzene rings is 2. The van der Waals surface area contributed by atoms with Gasteiger partial charge in [0.15, 0.2) is 0 Å². The summed E-state index contributed by atoms with van der Waals surface area (Å²) in [5, 5.41) is 3.30. The van der Waals surface area contributed by atoms with E-state index in [1.807, 2.05) is 0 Å². The molecule has 0 aliphatic heterocycles. The van der Waals surface area contributed by atoms with Crippen LogP contribution in [0.5, 0.6) is 0 Å². The lowest BCUT2D eigenvalue weighted by molar-refractivity contribution is 0.102. The number of fused-ring (bicyclic) bond motifs is 1. The molecule has 3 rings (SSSR count). The lowest BCUT2D eigenvalue weighted by atomic mass is 10.1. The molecule has 1 heterocycles. The lowest BCUT2D eigenvalue weighted by Crippen LogP contribution is -2.25. The molecule has 0 spiro atoms. The molecule has 0 saturated heterocycles. The summed E-state index contributed by atoms with van der Waals surface area (Å²) in [4.78, 5) is 37.2. The second-order valence-corrected chi connectivity index (χ2v) is 5.52. The Kier molecular flexibility index (Phi) is 4.70. The van der Waals surface area contributed by atoms with Gasteiger partial charge in [-0.3, -0.25) is 9.69 Å². The highest BCUT2D eigenvalue weighted by molar-refractivity contribution is 6.05. The molecular formula is C19H16N2O5. The summed E-state index contributed by atoms with van der Waals surface area (Å²) in [6.07, 6.45) is -0.504. The molecule has 132 valence electrons. The van der Waals surface area contributed by atoms with Crippen LogP contribution in [-0.2, 0) is 4.74 Å². The minimum atomic E-state index is -0.705. The monoisotopic (exact) mass is 352 g/mol. The maximum absolute atomic E-state index is 12.4. The Morgan fingerprint density at radius 3 is 2.46 bits per heavy atom. The van der Waals surface area contributed by atoms with E-state index in [-0.39, 0.29) is 5.56 Å². The number of ether oxygens (including phenoxy) is 1. The van der Waals surface area contributed by atoms with Crippen LogP contribution in [0.25, 0.3) is 11.0 Å². The van der Waals surface area contributed by atoms with Gasteiger partial charge in [0.05, 0.1) is 7.11 Å². The van der Waals surface area contributed by atoms with Crippen LogP contribution < -0.4 is 15.8 Å². The second-order valence-electron chi connectivity index (χ2n) is 5.52. The number of carbonyl (C=O) groups excluding carboxylic acids is 2. The van der Waals surface area contributed by atoms with Crippen molar-refractivity contribution in [2.75, 3.05) is 24.4 Å². The van der Waals surface area contributed by atoms with Crippen LogP contribution in [0.4, 0.5) is 16.2 Å². The average molecular weight is 352 g/mol. The molecule has 2 amide bonds. The summed E-state index contributed by atoms with van der Waals surface area (Å²) in [6, 6.07) is 15.0. The molecule has 3 aromatic rings. The third-order valence-corrected chi connectivity index (χ3v) is 3.85. The van der Waals surface area contributed by atoms with Gasteiger partial charge in [-0.05, 0) is 36.4 Å². The van der Waals surface area contributed by atoms with E-state index in [1.165, 1.54) is 18.1 Å². The molecule has 26 heavy (non-hydrogen) atoms. The molecule has 0 radical (unpaired) electrons. The molecule has 0 unspecified atom stereocenters. The molecule has 0 saturated carbocycles. The quantitative estimate of drug-likeness (QED) is 0.731. The average Bonchev–Trinajstić information content (AvgIpc) is 2.66. The van der Waals surface area contributed by atoms with Crippen LogP contribution in [0.3, 0.4) is 0 Å². The van der Waals surface area contributed by atoms with Gasteiger partial charge < -0.3 is 14.5 Å². The van der Waals surface area contributed by atoms with Crippen LogP contribution in [0.15, 0.2) is 63.8 Å². The standard InChI is InChI=1S/C19H16N2O5/c1-21(19(24)25-2)14-9-7-13(8-10-14)20-17(22)15-11-12-5-3-4-6-16(12)26-18(15)23/h3-11H,1-2H3,(H,20,22). The van der Waals surface area contributed by atoms with Crippen molar-refractivity contribution in [3.63, 3.8) is 0 Å². The van der Waals surface area contributed by atoms with Crippen molar-refractivity contribution in [3.05, 3.63) is 70.6 Å². The first-order chi connectivity index (χ1) is 12.5. The summed E-state index contributed by atoms with van der Waals surface area (Å²) in [5.41, 5.74) is 0.705. The van der Waals surface area contributed by atoms with Gasteiger partial charge in [0.25, 0.3) is 5.91 Å². The highest BCUT2D eigenvalue weighted by atomic mass is 16.5. The molecule has 7 heteroatoms. The van der Waals surface area contributed by atoms with E-state index in [2.05, 4.69) is 10.1 Å². The van der Waals surface area contributed by atoms with E-state index >= 15 is 0 Å². The Balaban J connectivity index is 1.81. The van der Waals surface area contributed by atoms with Crippen molar-refractivity contribution >= 4 is 34.3 Å². The van der Waals surface area contributed by atoms with Crippen LogP contribution in [-0.4, -0.2) is 26.2 Å². The highest BCUT2D eigenvalue weighted by Crippen LogP contribution is 2.18. The Labute approximate surface area is 148 Å². The molecule has 1 aromatic heterocycles. The fraction of sp³-hybridized carbons (Fsp3) is 0.105. The molecular weight excluding hydrogens is 336 g/mol. The van der Waals surface area contributed by atoms with E-state index in [4.69, 9.17) is 4.42 Å². The number of methoxy groups -OCH3 is 1. The van der Waals surface area contributed by atoms with Crippen molar-refractivity contribution < 1.29 is 18.7 Å². The zero-order valence-electron chi connectivity index (χ0n) is 14.2. The number of rotatable bonds is 3. The third kappa shape index (κ3) is 3.41. The summed E-state index contributed by atoms with van der Waals surface area (Å²) in [7, 11) is 2.86. The van der Waals surface area contributed by atoms with Crippen molar-refractivity contribution in [1.82, 2.24) is 0 Å². The highest BCUT2D eigenvalue weighted by Gasteiger charge is 2.15. The summed E-state index contributed by atoms with van der Waals surface area (Å²) < 4.78 is 9.81. The Morgan fingerprint density at radius 2 is 1.77 bits per heavy atom. The minimum Gasteiger partial charge on any atom is -0.452 e. The lowest BCUT2D eigenvalue weighted by Gasteiger charge is -2.15. The third-order valence-electron chi connectivity index (χ3n) is 3.85. The maximum Gasteiger partial charge on any atom is 0.413 e. The van der Waals surface area contributed by atoms with E-state index in [0.717, 1.165) is 0 Å². The first-order valence-electron chi connectivity index (χ1n) is 7.75. The molecule has 7 nitrogen and oxygen atoms in total. The van der Waals surface area contributed by atoms with E-state index in [1.54, 1.807) is 55.6 Å². The Bertz CT molecular complexity index is 1020. The molecule has 1 N–H and O–H groups in total. The predicted octanol–water partition coefficient (Wildman–Crippen LogP) is 3.25. The first-order valence-corrected chi connectivity index (χ1v) is 7.75. The normalized spacial score (nSPS) is 10.4. The molecule has 0 atom stereocenters. The second kappa shape index (κ2) is 7.10. The minimum absolute atomic E-state index is 0.0838. The molecule has 0 fully saturated rings. The number of carbonyl (C=O) groups is 2. The largest absolute Gasteiger partial charge is 0.452 e. The van der Waals surface area contributed by atoms with Gasteiger partial charge in [-0.15, -0.1) is 0 Å². The summed E-state index contributed by atoms with van der Waals surface area (Å²) >= 11 is 0. The number of nitrogens with zero attached hydrogens (tertiary/aromatic N) is 1. The Morgan fingerprint density at radius 1 is 1.08 bits per heavy atom. The van der Waals surface area contributed by atoms with Crippen LogP contribution in [0, 0.1) is 0 Å².